The Morgan fingerprint density at radius 2 is 1.86 bits per heavy atom. The van der Waals surface area contributed by atoms with Crippen LogP contribution < -0.4 is 5.73 Å². The Hall–Kier alpha value is -1.43. The highest BCUT2D eigenvalue weighted by Crippen LogP contribution is 2.21. The van der Waals surface area contributed by atoms with E-state index in [-0.39, 0.29) is 37.7 Å². The predicted octanol–water partition coefficient (Wildman–Crippen LogP) is -0.719. The molecule has 0 unspecified atom stereocenters. The summed E-state index contributed by atoms with van der Waals surface area (Å²) in [4.78, 5) is 0.119. The molecule has 0 spiro atoms. The van der Waals surface area contributed by atoms with Crippen molar-refractivity contribution >= 4 is 10.0 Å². The number of nitrogens with zero attached hydrogens (tertiary/aromatic N) is 1. The number of sulfonamides is 1. The van der Waals surface area contributed by atoms with Gasteiger partial charge in [-0.25, -0.2) is 8.42 Å². The van der Waals surface area contributed by atoms with Crippen molar-refractivity contribution in [3.05, 3.63) is 29.3 Å². The van der Waals surface area contributed by atoms with Crippen molar-refractivity contribution in [3.63, 3.8) is 0 Å². The van der Waals surface area contributed by atoms with E-state index in [2.05, 4.69) is 11.8 Å². The largest absolute Gasteiger partial charge is 0.395 e. The smallest absolute Gasteiger partial charge is 0.243 e. The summed E-state index contributed by atoms with van der Waals surface area (Å²) < 4.78 is 26.2. The first-order valence-corrected chi connectivity index (χ1v) is 7.92. The van der Waals surface area contributed by atoms with Gasteiger partial charge in [0.25, 0.3) is 0 Å². The Bertz CT molecular complexity index is 626. The van der Waals surface area contributed by atoms with Gasteiger partial charge in [-0.1, -0.05) is 17.9 Å². The van der Waals surface area contributed by atoms with Gasteiger partial charge in [0.1, 0.15) is 0 Å². The van der Waals surface area contributed by atoms with Crippen molar-refractivity contribution in [2.75, 3.05) is 32.8 Å². The number of nitrogens with two attached hydrogens (primary N) is 1. The quantitative estimate of drug-likeness (QED) is 0.602. The zero-order chi connectivity index (χ0) is 15.9. The molecule has 1 aromatic carbocycles. The summed E-state index contributed by atoms with van der Waals surface area (Å²) in [5, 5.41) is 18.0. The number of aliphatic hydroxyl groups is 2. The van der Waals surface area contributed by atoms with Crippen molar-refractivity contribution in [2.45, 2.75) is 11.8 Å². The average molecular weight is 312 g/mol. The second-order valence-corrected chi connectivity index (χ2v) is 6.24. The first-order valence-electron chi connectivity index (χ1n) is 6.48. The van der Waals surface area contributed by atoms with Gasteiger partial charge >= 0.3 is 0 Å². The van der Waals surface area contributed by atoms with E-state index in [1.165, 1.54) is 6.07 Å². The molecule has 0 aliphatic rings. The molecule has 0 aliphatic carbocycles. The Balaban J connectivity index is 3.28. The molecule has 0 saturated heterocycles. The third-order valence-electron chi connectivity index (χ3n) is 2.84. The highest BCUT2D eigenvalue weighted by Gasteiger charge is 2.25. The third kappa shape index (κ3) is 4.52. The molecule has 1 rings (SSSR count). The number of benzene rings is 1. The molecule has 0 radical (unpaired) electrons. The molecular formula is C14H20N2O4S. The van der Waals surface area contributed by atoms with Crippen molar-refractivity contribution in [1.82, 2.24) is 4.31 Å². The van der Waals surface area contributed by atoms with Crippen LogP contribution >= 0.6 is 0 Å². The molecule has 6 nitrogen and oxygen atoms in total. The van der Waals surface area contributed by atoms with Crippen molar-refractivity contribution in [2.24, 2.45) is 5.73 Å². The van der Waals surface area contributed by atoms with Gasteiger partial charge in [-0.2, -0.15) is 4.31 Å². The highest BCUT2D eigenvalue weighted by atomic mass is 32.2. The van der Waals surface area contributed by atoms with Gasteiger partial charge in [-0.05, 0) is 24.6 Å². The second-order valence-electron chi connectivity index (χ2n) is 4.34. The number of hydrogen-bond donors (Lipinski definition) is 3. The summed E-state index contributed by atoms with van der Waals surface area (Å²) in [5.41, 5.74) is 6.43. The summed E-state index contributed by atoms with van der Waals surface area (Å²) in [5.74, 6) is 5.46. The van der Waals surface area contributed by atoms with E-state index in [0.717, 1.165) is 4.31 Å². The lowest BCUT2D eigenvalue weighted by molar-refractivity contribution is 0.217. The van der Waals surface area contributed by atoms with Crippen LogP contribution in [0.15, 0.2) is 23.1 Å². The predicted molar refractivity (Wildman–Crippen MR) is 80.0 cm³/mol. The lowest BCUT2D eigenvalue weighted by Crippen LogP contribution is -2.36. The minimum atomic E-state index is -3.79. The second kappa shape index (κ2) is 8.12. The van der Waals surface area contributed by atoms with Gasteiger partial charge in [-0.15, -0.1) is 0 Å². The number of aryl methyl sites for hydroxylation is 1. The van der Waals surface area contributed by atoms with E-state index in [1.807, 2.05) is 0 Å². The first-order chi connectivity index (χ1) is 9.97. The van der Waals surface area contributed by atoms with Crippen LogP contribution in [-0.2, 0) is 10.0 Å². The maximum absolute atomic E-state index is 12.6. The average Bonchev–Trinajstić information content (AvgIpc) is 2.46. The standard InChI is InChI=1S/C14H20N2O4S/c1-12-4-5-13(3-2-6-15)11-14(12)21(19,20)16(7-9-17)8-10-18/h4-5,11,17-18H,6-10,15H2,1H3. The summed E-state index contributed by atoms with van der Waals surface area (Å²) >= 11 is 0. The van der Waals surface area contributed by atoms with E-state index in [9.17, 15) is 8.42 Å². The molecule has 0 aromatic heterocycles. The third-order valence-corrected chi connectivity index (χ3v) is 4.88. The maximum atomic E-state index is 12.6. The van der Waals surface area contributed by atoms with Crippen molar-refractivity contribution in [3.8, 4) is 11.8 Å². The monoisotopic (exact) mass is 312 g/mol. The van der Waals surface area contributed by atoms with Gasteiger partial charge in [0.15, 0.2) is 0 Å². The zero-order valence-corrected chi connectivity index (χ0v) is 12.7. The molecule has 0 aliphatic heterocycles. The molecule has 0 heterocycles. The molecule has 4 N–H and O–H groups in total. The summed E-state index contributed by atoms with van der Waals surface area (Å²) in [6.07, 6.45) is 0. The topological polar surface area (TPSA) is 104 Å². The molecule has 1 aromatic rings. The molecule has 0 fully saturated rings. The lowest BCUT2D eigenvalue weighted by atomic mass is 10.1. The minimum absolute atomic E-state index is 0.0684. The highest BCUT2D eigenvalue weighted by molar-refractivity contribution is 7.89. The Labute approximate surface area is 125 Å². The molecule has 116 valence electrons. The number of hydrogen-bond acceptors (Lipinski definition) is 5. The Morgan fingerprint density at radius 1 is 1.24 bits per heavy atom. The fourth-order valence-corrected chi connectivity index (χ4v) is 3.50. The van der Waals surface area contributed by atoms with Crippen LogP contribution in [0.1, 0.15) is 11.1 Å². The van der Waals surface area contributed by atoms with Gasteiger partial charge in [-0.3, -0.25) is 0 Å². The van der Waals surface area contributed by atoms with Crippen LogP contribution in [-0.4, -0.2) is 55.8 Å². The molecule has 0 saturated carbocycles. The fourth-order valence-electron chi connectivity index (χ4n) is 1.82. The first kappa shape index (κ1) is 17.6. The van der Waals surface area contributed by atoms with Gasteiger partial charge in [0.2, 0.25) is 10.0 Å². The molecule has 0 atom stereocenters. The number of aliphatic hydroxyl groups excluding tert-OH is 2. The van der Waals surface area contributed by atoms with Crippen LogP contribution in [0.2, 0.25) is 0 Å². The molecule has 0 bridgehead atoms. The van der Waals surface area contributed by atoms with Crippen LogP contribution in [0.25, 0.3) is 0 Å². The maximum Gasteiger partial charge on any atom is 0.243 e. The lowest BCUT2D eigenvalue weighted by Gasteiger charge is -2.21. The van der Waals surface area contributed by atoms with Crippen LogP contribution in [0.4, 0.5) is 0 Å². The zero-order valence-electron chi connectivity index (χ0n) is 11.9. The summed E-state index contributed by atoms with van der Waals surface area (Å²) in [7, 11) is -3.79. The van der Waals surface area contributed by atoms with Crippen LogP contribution in [0.3, 0.4) is 0 Å². The summed E-state index contributed by atoms with van der Waals surface area (Å²) in [6.45, 7) is 1.11. The fraction of sp³-hybridized carbons (Fsp3) is 0.429. The van der Waals surface area contributed by atoms with Gasteiger partial charge in [0, 0.05) is 18.7 Å². The minimum Gasteiger partial charge on any atom is -0.395 e. The van der Waals surface area contributed by atoms with E-state index in [0.29, 0.717) is 11.1 Å². The Morgan fingerprint density at radius 3 is 2.38 bits per heavy atom. The van der Waals surface area contributed by atoms with Crippen molar-refractivity contribution in [1.29, 1.82) is 0 Å². The van der Waals surface area contributed by atoms with Gasteiger partial charge < -0.3 is 15.9 Å². The van der Waals surface area contributed by atoms with Crippen LogP contribution in [0, 0.1) is 18.8 Å². The number of rotatable bonds is 6. The Kier molecular flexibility index (Phi) is 6.81. The van der Waals surface area contributed by atoms with E-state index in [1.54, 1.807) is 19.1 Å². The molecule has 21 heavy (non-hydrogen) atoms. The molecule has 0 amide bonds. The molecule has 7 heteroatoms. The van der Waals surface area contributed by atoms with Gasteiger partial charge in [0.05, 0.1) is 24.7 Å². The van der Waals surface area contributed by atoms with Crippen molar-refractivity contribution < 1.29 is 18.6 Å². The normalized spacial score (nSPS) is 11.3. The van der Waals surface area contributed by atoms with E-state index >= 15 is 0 Å². The summed E-state index contributed by atoms with van der Waals surface area (Å²) in [6, 6.07) is 4.87. The van der Waals surface area contributed by atoms with Crippen LogP contribution in [0.5, 0.6) is 0 Å². The van der Waals surface area contributed by atoms with E-state index < -0.39 is 10.0 Å². The van der Waals surface area contributed by atoms with E-state index in [4.69, 9.17) is 15.9 Å². The SMILES string of the molecule is Cc1ccc(C#CCN)cc1S(=O)(=O)N(CCO)CCO. The molecular weight excluding hydrogens is 292 g/mol.